The molecule has 19 heavy (non-hydrogen) atoms. The van der Waals surface area contributed by atoms with Crippen LogP contribution in [0.25, 0.3) is 0 Å². The standard InChI is InChI=1S/C15H27BrN2O/c1-4-7-15(12-16,8-5-2)13-19-14-10-17-18(11-14)9-6-3/h10-11H,4-9,12-13H2,1-3H3. The second-order valence-corrected chi connectivity index (χ2v) is 5.92. The van der Waals surface area contributed by atoms with Crippen molar-refractivity contribution in [2.75, 3.05) is 11.9 Å². The number of rotatable bonds is 10. The monoisotopic (exact) mass is 330 g/mol. The summed E-state index contributed by atoms with van der Waals surface area (Å²) in [5.41, 5.74) is 0.260. The van der Waals surface area contributed by atoms with Crippen molar-refractivity contribution in [3.8, 4) is 5.75 Å². The highest BCUT2D eigenvalue weighted by molar-refractivity contribution is 9.09. The van der Waals surface area contributed by atoms with Crippen LogP contribution in [-0.4, -0.2) is 21.7 Å². The Hall–Kier alpha value is -0.510. The van der Waals surface area contributed by atoms with E-state index in [-0.39, 0.29) is 5.41 Å². The van der Waals surface area contributed by atoms with Crippen LogP contribution in [0.2, 0.25) is 0 Å². The maximum atomic E-state index is 5.98. The van der Waals surface area contributed by atoms with Gasteiger partial charge < -0.3 is 4.74 Å². The molecule has 0 fully saturated rings. The average Bonchev–Trinajstić information content (AvgIpc) is 2.85. The van der Waals surface area contributed by atoms with E-state index in [2.05, 4.69) is 41.8 Å². The van der Waals surface area contributed by atoms with Gasteiger partial charge in [-0.2, -0.15) is 5.10 Å². The van der Waals surface area contributed by atoms with Crippen LogP contribution >= 0.6 is 15.9 Å². The van der Waals surface area contributed by atoms with E-state index in [0.717, 1.165) is 30.7 Å². The maximum Gasteiger partial charge on any atom is 0.157 e. The van der Waals surface area contributed by atoms with Crippen molar-refractivity contribution in [1.29, 1.82) is 0 Å². The maximum absolute atomic E-state index is 5.98. The van der Waals surface area contributed by atoms with E-state index in [1.165, 1.54) is 25.7 Å². The fourth-order valence-electron chi connectivity index (χ4n) is 2.51. The van der Waals surface area contributed by atoms with Gasteiger partial charge in [0.25, 0.3) is 0 Å². The third kappa shape index (κ3) is 5.17. The van der Waals surface area contributed by atoms with Gasteiger partial charge in [0.2, 0.25) is 0 Å². The molecule has 0 aromatic carbocycles. The van der Waals surface area contributed by atoms with Gasteiger partial charge in [-0.1, -0.05) is 49.5 Å². The molecule has 0 N–H and O–H groups in total. The van der Waals surface area contributed by atoms with Gasteiger partial charge in [-0.25, -0.2) is 0 Å². The fourth-order valence-corrected chi connectivity index (χ4v) is 3.23. The molecule has 0 aliphatic carbocycles. The largest absolute Gasteiger partial charge is 0.490 e. The molecule has 110 valence electrons. The molecule has 0 unspecified atom stereocenters. The molecule has 4 heteroatoms. The van der Waals surface area contributed by atoms with Crippen LogP contribution in [0.5, 0.6) is 5.75 Å². The predicted molar refractivity (Wildman–Crippen MR) is 84.1 cm³/mol. The minimum absolute atomic E-state index is 0.260. The van der Waals surface area contributed by atoms with Gasteiger partial charge >= 0.3 is 0 Å². The second-order valence-electron chi connectivity index (χ2n) is 5.36. The first-order valence-electron chi connectivity index (χ1n) is 7.41. The van der Waals surface area contributed by atoms with Gasteiger partial charge in [0.05, 0.1) is 19.0 Å². The van der Waals surface area contributed by atoms with Gasteiger partial charge in [-0.15, -0.1) is 0 Å². The van der Waals surface area contributed by atoms with Crippen molar-refractivity contribution < 1.29 is 4.74 Å². The summed E-state index contributed by atoms with van der Waals surface area (Å²) in [6, 6.07) is 0. The number of alkyl halides is 1. The van der Waals surface area contributed by atoms with Crippen LogP contribution in [0.1, 0.15) is 52.9 Å². The summed E-state index contributed by atoms with van der Waals surface area (Å²) in [5, 5.41) is 5.31. The Morgan fingerprint density at radius 1 is 1.21 bits per heavy atom. The lowest BCUT2D eigenvalue weighted by Crippen LogP contribution is -2.30. The molecule has 0 radical (unpaired) electrons. The highest BCUT2D eigenvalue weighted by Crippen LogP contribution is 2.33. The van der Waals surface area contributed by atoms with E-state index in [4.69, 9.17) is 4.74 Å². The highest BCUT2D eigenvalue weighted by Gasteiger charge is 2.28. The predicted octanol–water partition coefficient (Wildman–Crippen LogP) is 4.65. The smallest absolute Gasteiger partial charge is 0.157 e. The van der Waals surface area contributed by atoms with Gasteiger partial charge in [-0.3, -0.25) is 4.68 Å². The molecule has 1 rings (SSSR count). The summed E-state index contributed by atoms with van der Waals surface area (Å²) in [6.07, 6.45) is 9.73. The first kappa shape index (κ1) is 16.5. The molecule has 3 nitrogen and oxygen atoms in total. The third-order valence-electron chi connectivity index (χ3n) is 3.45. The molecule has 0 amide bonds. The lowest BCUT2D eigenvalue weighted by molar-refractivity contribution is 0.144. The second kappa shape index (κ2) is 8.62. The van der Waals surface area contributed by atoms with Crippen LogP contribution in [-0.2, 0) is 6.54 Å². The molecular weight excluding hydrogens is 304 g/mol. The number of hydrogen-bond acceptors (Lipinski definition) is 2. The average molecular weight is 331 g/mol. The molecule has 0 spiro atoms. The molecule has 0 saturated carbocycles. The highest BCUT2D eigenvalue weighted by atomic mass is 79.9. The van der Waals surface area contributed by atoms with E-state index in [1.54, 1.807) is 0 Å². The number of halogens is 1. The minimum Gasteiger partial charge on any atom is -0.490 e. The fraction of sp³-hybridized carbons (Fsp3) is 0.800. The Labute approximate surface area is 125 Å². The first-order chi connectivity index (χ1) is 9.19. The van der Waals surface area contributed by atoms with Gasteiger partial charge in [-0.05, 0) is 19.3 Å². The van der Waals surface area contributed by atoms with Crippen molar-refractivity contribution in [2.24, 2.45) is 5.41 Å². The Morgan fingerprint density at radius 2 is 1.89 bits per heavy atom. The van der Waals surface area contributed by atoms with Gasteiger partial charge in [0, 0.05) is 17.3 Å². The number of aryl methyl sites for hydroxylation is 1. The third-order valence-corrected chi connectivity index (χ3v) is 4.64. The Morgan fingerprint density at radius 3 is 2.42 bits per heavy atom. The Bertz CT molecular complexity index is 346. The number of ether oxygens (including phenoxy) is 1. The SMILES string of the molecule is CCCn1cc(OCC(CBr)(CCC)CCC)cn1. The zero-order valence-corrected chi connectivity index (χ0v) is 14.1. The summed E-state index contributed by atoms with van der Waals surface area (Å²) in [5.74, 6) is 0.894. The van der Waals surface area contributed by atoms with Gasteiger partial charge in [0.1, 0.15) is 0 Å². The summed E-state index contributed by atoms with van der Waals surface area (Å²) in [6.45, 7) is 8.37. The van der Waals surface area contributed by atoms with E-state index >= 15 is 0 Å². The minimum atomic E-state index is 0.260. The summed E-state index contributed by atoms with van der Waals surface area (Å²) in [4.78, 5) is 0. The number of nitrogens with zero attached hydrogens (tertiary/aromatic N) is 2. The van der Waals surface area contributed by atoms with Crippen LogP contribution in [0.3, 0.4) is 0 Å². The van der Waals surface area contributed by atoms with Crippen LogP contribution < -0.4 is 4.74 Å². The van der Waals surface area contributed by atoms with E-state index in [9.17, 15) is 0 Å². The van der Waals surface area contributed by atoms with E-state index in [0.29, 0.717) is 0 Å². The molecule has 1 aromatic rings. The van der Waals surface area contributed by atoms with Crippen molar-refractivity contribution in [1.82, 2.24) is 9.78 Å². The summed E-state index contributed by atoms with van der Waals surface area (Å²) < 4.78 is 7.93. The Balaban J connectivity index is 2.58. The number of aromatic nitrogens is 2. The molecule has 0 atom stereocenters. The van der Waals surface area contributed by atoms with Gasteiger partial charge in [0.15, 0.2) is 5.75 Å². The molecule has 0 aliphatic heterocycles. The van der Waals surface area contributed by atoms with Crippen LogP contribution in [0, 0.1) is 5.41 Å². The summed E-state index contributed by atoms with van der Waals surface area (Å²) >= 11 is 3.68. The van der Waals surface area contributed by atoms with Crippen LogP contribution in [0.4, 0.5) is 0 Å². The normalized spacial score (nSPS) is 11.8. The summed E-state index contributed by atoms with van der Waals surface area (Å²) in [7, 11) is 0. The van der Waals surface area contributed by atoms with E-state index in [1.807, 2.05) is 17.1 Å². The number of hydrogen-bond donors (Lipinski definition) is 0. The quantitative estimate of drug-likeness (QED) is 0.583. The van der Waals surface area contributed by atoms with Crippen molar-refractivity contribution in [3.05, 3.63) is 12.4 Å². The lowest BCUT2D eigenvalue weighted by Gasteiger charge is -2.31. The van der Waals surface area contributed by atoms with Crippen molar-refractivity contribution in [2.45, 2.75) is 59.4 Å². The molecule has 0 saturated heterocycles. The van der Waals surface area contributed by atoms with Crippen molar-refractivity contribution in [3.63, 3.8) is 0 Å². The molecule has 0 aliphatic rings. The zero-order chi connectivity index (χ0) is 14.1. The lowest BCUT2D eigenvalue weighted by atomic mass is 9.82. The molecule has 1 heterocycles. The Kier molecular flexibility index (Phi) is 7.51. The first-order valence-corrected chi connectivity index (χ1v) is 8.53. The molecule has 1 aromatic heterocycles. The molecule has 0 bridgehead atoms. The van der Waals surface area contributed by atoms with E-state index < -0.39 is 0 Å². The molecular formula is C15H27BrN2O. The topological polar surface area (TPSA) is 27.1 Å². The zero-order valence-electron chi connectivity index (χ0n) is 12.5. The van der Waals surface area contributed by atoms with Crippen LogP contribution in [0.15, 0.2) is 12.4 Å². The van der Waals surface area contributed by atoms with Crippen molar-refractivity contribution >= 4 is 15.9 Å².